The monoisotopic (exact) mass is 296 g/mol. The quantitative estimate of drug-likeness (QED) is 0.829. The highest BCUT2D eigenvalue weighted by Gasteiger charge is 2.37. The highest BCUT2D eigenvalue weighted by atomic mass is 32.2. The van der Waals surface area contributed by atoms with Crippen LogP contribution in [0, 0.1) is 0 Å². The normalized spacial score (nSPS) is 25.7. The second kappa shape index (κ2) is 4.73. The molecule has 2 aromatic rings. The van der Waals surface area contributed by atoms with Gasteiger partial charge < -0.3 is 5.11 Å². The van der Waals surface area contributed by atoms with Crippen LogP contribution in [0.15, 0.2) is 35.6 Å². The SMILES string of the molecule is O=S1(=O)C[C@H](Sc2ncnc3ccccc23)[C@@H](O)C1. The minimum atomic E-state index is -3.13. The Bertz CT molecular complexity index is 712. The molecule has 0 aliphatic carbocycles. The molecule has 5 nitrogen and oxygen atoms in total. The number of benzene rings is 1. The molecule has 7 heteroatoms. The molecule has 1 fully saturated rings. The fourth-order valence-electron chi connectivity index (χ4n) is 2.13. The van der Waals surface area contributed by atoms with E-state index in [4.69, 9.17) is 0 Å². The number of hydrogen-bond donors (Lipinski definition) is 1. The zero-order chi connectivity index (χ0) is 13.5. The van der Waals surface area contributed by atoms with Gasteiger partial charge in [-0.05, 0) is 6.07 Å². The predicted molar refractivity (Wildman–Crippen MR) is 73.8 cm³/mol. The number of sulfone groups is 1. The molecule has 0 bridgehead atoms. The average Bonchev–Trinajstić information content (AvgIpc) is 2.63. The van der Waals surface area contributed by atoms with Crippen molar-refractivity contribution in [3.8, 4) is 0 Å². The van der Waals surface area contributed by atoms with Crippen molar-refractivity contribution in [1.82, 2.24) is 9.97 Å². The highest BCUT2D eigenvalue weighted by Crippen LogP contribution is 2.33. The molecule has 0 saturated carbocycles. The Labute approximate surface area is 115 Å². The molecule has 3 rings (SSSR count). The lowest BCUT2D eigenvalue weighted by atomic mass is 10.2. The Kier molecular flexibility index (Phi) is 3.20. The summed E-state index contributed by atoms with van der Waals surface area (Å²) in [6.07, 6.45) is 0.629. The summed E-state index contributed by atoms with van der Waals surface area (Å²) in [5, 5.41) is 11.1. The smallest absolute Gasteiger partial charge is 0.154 e. The van der Waals surface area contributed by atoms with E-state index in [2.05, 4.69) is 9.97 Å². The minimum Gasteiger partial charge on any atom is -0.391 e. The fraction of sp³-hybridized carbons (Fsp3) is 0.333. The molecule has 0 unspecified atom stereocenters. The van der Waals surface area contributed by atoms with Crippen molar-refractivity contribution in [2.75, 3.05) is 11.5 Å². The number of nitrogens with zero attached hydrogens (tertiary/aromatic N) is 2. The Hall–Kier alpha value is -1.18. The van der Waals surface area contributed by atoms with Crippen molar-refractivity contribution in [3.63, 3.8) is 0 Å². The van der Waals surface area contributed by atoms with E-state index in [1.54, 1.807) is 0 Å². The number of thioether (sulfide) groups is 1. The molecule has 1 aromatic carbocycles. The molecule has 19 heavy (non-hydrogen) atoms. The Morgan fingerprint density at radius 1 is 1.21 bits per heavy atom. The van der Waals surface area contributed by atoms with Crippen LogP contribution in [0.3, 0.4) is 0 Å². The number of aliphatic hydroxyl groups is 1. The largest absolute Gasteiger partial charge is 0.391 e. The zero-order valence-corrected chi connectivity index (χ0v) is 11.6. The fourth-order valence-corrected chi connectivity index (χ4v) is 5.70. The Morgan fingerprint density at radius 2 is 2.00 bits per heavy atom. The molecule has 2 atom stereocenters. The van der Waals surface area contributed by atoms with Crippen molar-refractivity contribution < 1.29 is 13.5 Å². The number of hydrogen-bond acceptors (Lipinski definition) is 6. The number of fused-ring (bicyclic) bond motifs is 1. The first kappa shape index (κ1) is 12.8. The first-order chi connectivity index (χ1) is 9.05. The summed E-state index contributed by atoms with van der Waals surface area (Å²) in [5.74, 6) is -0.162. The van der Waals surface area contributed by atoms with Crippen LogP contribution in [-0.2, 0) is 9.84 Å². The topological polar surface area (TPSA) is 80.2 Å². The van der Waals surface area contributed by atoms with E-state index in [1.165, 1.54) is 18.1 Å². The van der Waals surface area contributed by atoms with Crippen LogP contribution in [0.2, 0.25) is 0 Å². The number of aliphatic hydroxyl groups excluding tert-OH is 1. The molecule has 2 heterocycles. The number of para-hydroxylation sites is 1. The van der Waals surface area contributed by atoms with E-state index in [0.29, 0.717) is 5.03 Å². The second-order valence-corrected chi connectivity index (χ2v) is 7.88. The lowest BCUT2D eigenvalue weighted by Crippen LogP contribution is -2.20. The molecule has 0 amide bonds. The minimum absolute atomic E-state index is 0.00281. The van der Waals surface area contributed by atoms with Crippen LogP contribution < -0.4 is 0 Å². The van der Waals surface area contributed by atoms with Crippen LogP contribution in [0.5, 0.6) is 0 Å². The van der Waals surface area contributed by atoms with E-state index < -0.39 is 15.9 Å². The molecule has 1 aliphatic rings. The summed E-state index contributed by atoms with van der Waals surface area (Å²) in [7, 11) is -3.13. The van der Waals surface area contributed by atoms with Gasteiger partial charge in [0.1, 0.15) is 11.4 Å². The number of rotatable bonds is 2. The zero-order valence-electron chi connectivity index (χ0n) is 9.93. The third kappa shape index (κ3) is 2.58. The second-order valence-electron chi connectivity index (χ2n) is 4.50. The third-order valence-corrected chi connectivity index (χ3v) is 6.30. The predicted octanol–water partition coefficient (Wildman–Crippen LogP) is 0.880. The summed E-state index contributed by atoms with van der Waals surface area (Å²) in [4.78, 5) is 8.36. The van der Waals surface area contributed by atoms with Crippen molar-refractivity contribution in [2.24, 2.45) is 0 Å². The van der Waals surface area contributed by atoms with Crippen LogP contribution in [-0.4, -0.2) is 46.4 Å². The highest BCUT2D eigenvalue weighted by molar-refractivity contribution is 8.02. The van der Waals surface area contributed by atoms with Gasteiger partial charge in [0.2, 0.25) is 0 Å². The Balaban J connectivity index is 1.94. The molecule has 100 valence electrons. The van der Waals surface area contributed by atoms with Gasteiger partial charge in [0.15, 0.2) is 9.84 Å². The van der Waals surface area contributed by atoms with E-state index in [1.807, 2.05) is 24.3 Å². The van der Waals surface area contributed by atoms with Gasteiger partial charge in [0.05, 0.1) is 28.4 Å². The summed E-state index contributed by atoms with van der Waals surface area (Å²) < 4.78 is 23.0. The molecule has 1 saturated heterocycles. The standard InChI is InChI=1S/C12H12N2O3S2/c15-10-5-19(16,17)6-11(10)18-12-8-3-1-2-4-9(8)13-7-14-12/h1-4,7,10-11,15H,5-6H2/t10-,11-/m0/s1. The molecular formula is C12H12N2O3S2. The van der Waals surface area contributed by atoms with E-state index >= 15 is 0 Å². The molecule has 1 N–H and O–H groups in total. The van der Waals surface area contributed by atoms with Gasteiger partial charge in [-0.2, -0.15) is 0 Å². The summed E-state index contributed by atoms with van der Waals surface area (Å²) in [6, 6.07) is 7.55. The van der Waals surface area contributed by atoms with Gasteiger partial charge in [0, 0.05) is 5.39 Å². The van der Waals surface area contributed by atoms with Gasteiger partial charge >= 0.3 is 0 Å². The average molecular weight is 296 g/mol. The van der Waals surface area contributed by atoms with Crippen molar-refractivity contribution in [2.45, 2.75) is 16.4 Å². The van der Waals surface area contributed by atoms with Crippen molar-refractivity contribution >= 4 is 32.5 Å². The first-order valence-corrected chi connectivity index (χ1v) is 8.50. The summed E-state index contributed by atoms with van der Waals surface area (Å²) >= 11 is 1.31. The number of aromatic nitrogens is 2. The van der Waals surface area contributed by atoms with Crippen LogP contribution >= 0.6 is 11.8 Å². The Morgan fingerprint density at radius 3 is 2.74 bits per heavy atom. The van der Waals surface area contributed by atoms with Crippen molar-refractivity contribution in [3.05, 3.63) is 30.6 Å². The van der Waals surface area contributed by atoms with Gasteiger partial charge in [-0.1, -0.05) is 30.0 Å². The molecular weight excluding hydrogens is 284 g/mol. The maximum atomic E-state index is 11.5. The summed E-state index contributed by atoms with van der Waals surface area (Å²) in [5.41, 5.74) is 0.815. The van der Waals surface area contributed by atoms with Gasteiger partial charge in [0.25, 0.3) is 0 Å². The van der Waals surface area contributed by atoms with Gasteiger partial charge in [-0.3, -0.25) is 0 Å². The maximum absolute atomic E-state index is 11.5. The van der Waals surface area contributed by atoms with Crippen LogP contribution in [0.25, 0.3) is 10.9 Å². The van der Waals surface area contributed by atoms with Crippen LogP contribution in [0.4, 0.5) is 0 Å². The van der Waals surface area contributed by atoms with E-state index in [-0.39, 0.29) is 16.8 Å². The van der Waals surface area contributed by atoms with E-state index in [9.17, 15) is 13.5 Å². The molecule has 0 spiro atoms. The lowest BCUT2D eigenvalue weighted by molar-refractivity contribution is 0.207. The lowest BCUT2D eigenvalue weighted by Gasteiger charge is -2.12. The van der Waals surface area contributed by atoms with Crippen LogP contribution in [0.1, 0.15) is 0 Å². The van der Waals surface area contributed by atoms with Crippen molar-refractivity contribution in [1.29, 1.82) is 0 Å². The van der Waals surface area contributed by atoms with Gasteiger partial charge in [-0.15, -0.1) is 0 Å². The molecule has 0 radical (unpaired) electrons. The molecule has 1 aliphatic heterocycles. The third-order valence-electron chi connectivity index (χ3n) is 3.04. The van der Waals surface area contributed by atoms with E-state index in [0.717, 1.165) is 10.9 Å². The van der Waals surface area contributed by atoms with Gasteiger partial charge in [-0.25, -0.2) is 18.4 Å². The molecule has 1 aromatic heterocycles. The first-order valence-electron chi connectivity index (χ1n) is 5.80. The maximum Gasteiger partial charge on any atom is 0.154 e. The summed E-state index contributed by atoms with van der Waals surface area (Å²) in [6.45, 7) is 0.